The van der Waals surface area contributed by atoms with E-state index in [0.29, 0.717) is 6.04 Å². The molecule has 1 aliphatic carbocycles. The summed E-state index contributed by atoms with van der Waals surface area (Å²) in [6, 6.07) is 4.66. The second-order valence-corrected chi connectivity index (χ2v) is 7.80. The second kappa shape index (κ2) is 6.91. The van der Waals surface area contributed by atoms with E-state index in [1.807, 2.05) is 11.3 Å². The van der Waals surface area contributed by atoms with Crippen LogP contribution in [0.25, 0.3) is 0 Å². The third-order valence-electron chi connectivity index (χ3n) is 3.76. The average molecular weight is 316 g/mol. The summed E-state index contributed by atoms with van der Waals surface area (Å²) in [5.41, 5.74) is 6.22. The molecule has 1 aromatic heterocycles. The maximum absolute atomic E-state index is 6.22. The predicted molar refractivity (Wildman–Crippen MR) is 79.5 cm³/mol. The second-order valence-electron chi connectivity index (χ2n) is 5.25. The van der Waals surface area contributed by atoms with E-state index in [0.717, 1.165) is 12.3 Å². The molecule has 96 valence electrons. The first kappa shape index (κ1) is 13.6. The summed E-state index contributed by atoms with van der Waals surface area (Å²) in [6.07, 6.45) is 10.8. The van der Waals surface area contributed by atoms with Gasteiger partial charge in [0.1, 0.15) is 0 Å². The minimum absolute atomic E-state index is 0.350. The Balaban J connectivity index is 1.68. The molecule has 0 aromatic carbocycles. The largest absolute Gasteiger partial charge is 0.327 e. The van der Waals surface area contributed by atoms with Gasteiger partial charge in [0.05, 0.1) is 3.79 Å². The number of hydrogen-bond acceptors (Lipinski definition) is 2. The van der Waals surface area contributed by atoms with Gasteiger partial charge in [0.2, 0.25) is 0 Å². The van der Waals surface area contributed by atoms with Crippen LogP contribution in [0.2, 0.25) is 0 Å². The summed E-state index contributed by atoms with van der Waals surface area (Å²) in [7, 11) is 0. The van der Waals surface area contributed by atoms with Crippen molar-refractivity contribution < 1.29 is 0 Å². The van der Waals surface area contributed by atoms with Crippen LogP contribution >= 0.6 is 27.3 Å². The van der Waals surface area contributed by atoms with E-state index in [1.165, 1.54) is 53.6 Å². The van der Waals surface area contributed by atoms with Crippen LogP contribution in [0, 0.1) is 5.92 Å². The first-order chi connectivity index (χ1) is 8.24. The van der Waals surface area contributed by atoms with Gasteiger partial charge in [-0.25, -0.2) is 0 Å². The third-order valence-corrected chi connectivity index (χ3v) is 5.41. The van der Waals surface area contributed by atoms with Gasteiger partial charge >= 0.3 is 0 Å². The average Bonchev–Trinajstić information content (AvgIpc) is 2.73. The van der Waals surface area contributed by atoms with Gasteiger partial charge < -0.3 is 5.73 Å². The molecular formula is C14H22BrNS. The topological polar surface area (TPSA) is 26.0 Å². The van der Waals surface area contributed by atoms with Crippen molar-refractivity contribution in [3.8, 4) is 0 Å². The van der Waals surface area contributed by atoms with Crippen LogP contribution in [0.3, 0.4) is 0 Å². The van der Waals surface area contributed by atoms with Gasteiger partial charge in [-0.2, -0.15) is 0 Å². The van der Waals surface area contributed by atoms with E-state index < -0.39 is 0 Å². The van der Waals surface area contributed by atoms with Crippen molar-refractivity contribution >= 4 is 27.3 Å². The number of nitrogens with two attached hydrogens (primary N) is 1. The zero-order valence-electron chi connectivity index (χ0n) is 10.3. The normalized spacial score (nSPS) is 19.4. The van der Waals surface area contributed by atoms with Crippen molar-refractivity contribution in [2.45, 2.75) is 57.4 Å². The molecule has 1 atom stereocenters. The fourth-order valence-electron chi connectivity index (χ4n) is 2.75. The molecule has 1 saturated carbocycles. The minimum Gasteiger partial charge on any atom is -0.327 e. The molecule has 2 rings (SSSR count). The Morgan fingerprint density at radius 2 is 2.06 bits per heavy atom. The molecule has 0 radical (unpaired) electrons. The Kier molecular flexibility index (Phi) is 5.51. The Labute approximate surface area is 117 Å². The van der Waals surface area contributed by atoms with E-state index in [-0.39, 0.29) is 0 Å². The molecule has 0 aliphatic heterocycles. The lowest BCUT2D eigenvalue weighted by Gasteiger charge is -2.22. The Hall–Kier alpha value is 0.140. The van der Waals surface area contributed by atoms with Gasteiger partial charge in [0, 0.05) is 10.9 Å². The molecule has 0 amide bonds. The van der Waals surface area contributed by atoms with Gasteiger partial charge in [0.15, 0.2) is 0 Å². The molecule has 0 saturated heterocycles. The van der Waals surface area contributed by atoms with Crippen LogP contribution in [-0.4, -0.2) is 6.04 Å². The fraction of sp³-hybridized carbons (Fsp3) is 0.714. The standard InChI is InChI=1S/C14H22BrNS/c15-14-9-8-13(17-14)10-12(16)7-6-11-4-2-1-3-5-11/h8-9,11-12H,1-7,10,16H2. The van der Waals surface area contributed by atoms with Crippen molar-refractivity contribution in [1.82, 2.24) is 0 Å². The first-order valence-corrected chi connectivity index (χ1v) is 8.35. The van der Waals surface area contributed by atoms with Crippen molar-refractivity contribution in [3.63, 3.8) is 0 Å². The van der Waals surface area contributed by atoms with Crippen molar-refractivity contribution in [2.75, 3.05) is 0 Å². The molecule has 1 heterocycles. The zero-order chi connectivity index (χ0) is 12.1. The van der Waals surface area contributed by atoms with E-state index >= 15 is 0 Å². The van der Waals surface area contributed by atoms with Crippen LogP contribution in [0.15, 0.2) is 15.9 Å². The monoisotopic (exact) mass is 315 g/mol. The highest BCUT2D eigenvalue weighted by Crippen LogP contribution is 2.28. The molecular weight excluding hydrogens is 294 g/mol. The van der Waals surface area contributed by atoms with Gasteiger partial charge in [0.25, 0.3) is 0 Å². The summed E-state index contributed by atoms with van der Waals surface area (Å²) in [4.78, 5) is 1.41. The molecule has 1 aromatic rings. The van der Waals surface area contributed by atoms with E-state index in [2.05, 4.69) is 28.1 Å². The number of hydrogen-bond donors (Lipinski definition) is 1. The molecule has 2 N–H and O–H groups in total. The maximum Gasteiger partial charge on any atom is 0.0701 e. The Morgan fingerprint density at radius 1 is 1.29 bits per heavy atom. The lowest BCUT2D eigenvalue weighted by Crippen LogP contribution is -2.23. The Morgan fingerprint density at radius 3 is 2.71 bits per heavy atom. The van der Waals surface area contributed by atoms with Crippen LogP contribution in [-0.2, 0) is 6.42 Å². The quantitative estimate of drug-likeness (QED) is 0.834. The highest BCUT2D eigenvalue weighted by molar-refractivity contribution is 9.11. The zero-order valence-corrected chi connectivity index (χ0v) is 12.7. The molecule has 17 heavy (non-hydrogen) atoms. The SMILES string of the molecule is NC(CCC1CCCCC1)Cc1ccc(Br)s1. The number of rotatable bonds is 5. The molecule has 1 nitrogen and oxygen atoms in total. The summed E-state index contributed by atoms with van der Waals surface area (Å²) < 4.78 is 1.21. The van der Waals surface area contributed by atoms with Crippen molar-refractivity contribution in [2.24, 2.45) is 11.7 Å². The lowest BCUT2D eigenvalue weighted by atomic mass is 9.85. The number of thiophene rings is 1. The molecule has 1 fully saturated rings. The summed E-state index contributed by atoms with van der Waals surface area (Å²) >= 11 is 5.32. The van der Waals surface area contributed by atoms with E-state index in [4.69, 9.17) is 5.73 Å². The van der Waals surface area contributed by atoms with Crippen LogP contribution in [0.1, 0.15) is 49.8 Å². The lowest BCUT2D eigenvalue weighted by molar-refractivity contribution is 0.323. The summed E-state index contributed by atoms with van der Waals surface area (Å²) in [5.74, 6) is 0.963. The molecule has 0 bridgehead atoms. The molecule has 1 unspecified atom stereocenters. The maximum atomic E-state index is 6.22. The van der Waals surface area contributed by atoms with Crippen molar-refractivity contribution in [3.05, 3.63) is 20.8 Å². The van der Waals surface area contributed by atoms with Crippen LogP contribution < -0.4 is 5.73 Å². The summed E-state index contributed by atoms with van der Waals surface area (Å²) in [5, 5.41) is 0. The smallest absolute Gasteiger partial charge is 0.0701 e. The molecule has 3 heteroatoms. The van der Waals surface area contributed by atoms with Gasteiger partial charge in [-0.1, -0.05) is 32.1 Å². The highest BCUT2D eigenvalue weighted by atomic mass is 79.9. The van der Waals surface area contributed by atoms with Gasteiger partial charge in [-0.3, -0.25) is 0 Å². The van der Waals surface area contributed by atoms with Crippen LogP contribution in [0.5, 0.6) is 0 Å². The predicted octanol–water partition coefficient (Wildman–Crippen LogP) is 4.74. The van der Waals surface area contributed by atoms with E-state index in [1.54, 1.807) is 0 Å². The van der Waals surface area contributed by atoms with E-state index in [9.17, 15) is 0 Å². The molecule has 1 aliphatic rings. The van der Waals surface area contributed by atoms with Gasteiger partial charge in [-0.15, -0.1) is 11.3 Å². The van der Waals surface area contributed by atoms with Crippen LogP contribution in [0.4, 0.5) is 0 Å². The minimum atomic E-state index is 0.350. The summed E-state index contributed by atoms with van der Waals surface area (Å²) in [6.45, 7) is 0. The Bertz CT molecular complexity index is 331. The third kappa shape index (κ3) is 4.72. The van der Waals surface area contributed by atoms with Gasteiger partial charge in [-0.05, 0) is 53.2 Å². The highest BCUT2D eigenvalue weighted by Gasteiger charge is 2.15. The van der Waals surface area contributed by atoms with Crippen molar-refractivity contribution in [1.29, 1.82) is 0 Å². The number of halogens is 1. The first-order valence-electron chi connectivity index (χ1n) is 6.74. The molecule has 0 spiro atoms. The fourth-order valence-corrected chi connectivity index (χ4v) is 4.32.